The molecule has 2 atom stereocenters. The maximum absolute atomic E-state index is 13.2. The predicted molar refractivity (Wildman–Crippen MR) is 116 cm³/mol. The lowest BCUT2D eigenvalue weighted by Gasteiger charge is -2.26. The Balaban J connectivity index is 1.49. The number of anilines is 1. The van der Waals surface area contributed by atoms with Gasteiger partial charge in [-0.3, -0.25) is 14.3 Å². The summed E-state index contributed by atoms with van der Waals surface area (Å²) in [5.74, 6) is 0.765. The number of nitrogens with one attached hydrogen (secondary N) is 1. The van der Waals surface area contributed by atoms with Crippen LogP contribution in [0.25, 0.3) is 0 Å². The minimum atomic E-state index is -0.933. The van der Waals surface area contributed by atoms with Crippen LogP contribution in [0.5, 0.6) is 5.75 Å². The zero-order valence-electron chi connectivity index (χ0n) is 18.1. The van der Waals surface area contributed by atoms with E-state index in [1.807, 2.05) is 0 Å². The van der Waals surface area contributed by atoms with Crippen LogP contribution in [0.4, 0.5) is 5.82 Å². The van der Waals surface area contributed by atoms with Gasteiger partial charge in [-0.1, -0.05) is 25.7 Å². The highest BCUT2D eigenvalue weighted by Gasteiger charge is 2.29. The first kappa shape index (κ1) is 22.5. The molecule has 0 aliphatic heterocycles. The molecule has 0 aromatic carbocycles. The van der Waals surface area contributed by atoms with Crippen LogP contribution >= 0.6 is 0 Å². The van der Waals surface area contributed by atoms with Crippen molar-refractivity contribution in [2.75, 3.05) is 11.9 Å². The number of hydrogen-bond acceptors (Lipinski definition) is 7. The van der Waals surface area contributed by atoms with Gasteiger partial charge in [-0.2, -0.15) is 10.2 Å². The Kier molecular flexibility index (Phi) is 7.21. The molecule has 3 N–H and O–H groups in total. The second-order valence-electron chi connectivity index (χ2n) is 8.80. The topological polar surface area (TPSA) is 132 Å². The van der Waals surface area contributed by atoms with Gasteiger partial charge in [-0.25, -0.2) is 4.68 Å². The second-order valence-corrected chi connectivity index (χ2v) is 8.80. The highest BCUT2D eigenvalue weighted by atomic mass is 16.5. The maximum atomic E-state index is 13.2. The van der Waals surface area contributed by atoms with Crippen LogP contribution in [-0.2, 0) is 11.3 Å². The third kappa shape index (κ3) is 5.55. The molecule has 2 heterocycles. The summed E-state index contributed by atoms with van der Waals surface area (Å²) < 4.78 is 8.46. The third-order valence-electron chi connectivity index (χ3n) is 6.29. The lowest BCUT2D eigenvalue weighted by Crippen LogP contribution is -2.36. The number of carbonyl (C=O) groups is 1. The lowest BCUT2D eigenvalue weighted by atomic mass is 9.96. The Bertz CT molecular complexity index is 964. The van der Waals surface area contributed by atoms with Crippen LogP contribution < -0.4 is 15.6 Å². The fourth-order valence-corrected chi connectivity index (χ4v) is 4.27. The van der Waals surface area contributed by atoms with Gasteiger partial charge in [0.25, 0.3) is 11.5 Å². The Morgan fingerprint density at radius 3 is 2.69 bits per heavy atom. The van der Waals surface area contributed by atoms with E-state index < -0.39 is 12.1 Å². The van der Waals surface area contributed by atoms with Crippen LogP contribution in [0.2, 0.25) is 0 Å². The van der Waals surface area contributed by atoms with Gasteiger partial charge in [0, 0.05) is 18.3 Å². The summed E-state index contributed by atoms with van der Waals surface area (Å²) in [6.45, 7) is -0.262. The Morgan fingerprint density at radius 2 is 2.03 bits per heavy atom. The molecule has 174 valence electrons. The number of ether oxygens (including phenoxy) is 1. The summed E-state index contributed by atoms with van der Waals surface area (Å²) >= 11 is 0. The van der Waals surface area contributed by atoms with Crippen molar-refractivity contribution in [3.8, 4) is 5.75 Å². The van der Waals surface area contributed by atoms with Gasteiger partial charge in [0.2, 0.25) is 0 Å². The SMILES string of the molecule is O=C(Nc1ccn(CC(O)CO)n1)C(CC1CCCC1)n1ncc(OC2CCC2)cc1=O. The van der Waals surface area contributed by atoms with Crippen molar-refractivity contribution in [3.05, 3.63) is 34.9 Å². The first-order valence-electron chi connectivity index (χ1n) is 11.4. The zero-order chi connectivity index (χ0) is 22.5. The van der Waals surface area contributed by atoms with Gasteiger partial charge in [0.1, 0.15) is 11.8 Å². The van der Waals surface area contributed by atoms with Gasteiger partial charge < -0.3 is 20.3 Å². The smallest absolute Gasteiger partial charge is 0.271 e. The molecule has 4 rings (SSSR count). The van der Waals surface area contributed by atoms with Gasteiger partial charge >= 0.3 is 0 Å². The summed E-state index contributed by atoms with van der Waals surface area (Å²) in [5, 5.41) is 29.8. The Labute approximate surface area is 186 Å². The quantitative estimate of drug-likeness (QED) is 0.505. The zero-order valence-corrected chi connectivity index (χ0v) is 18.1. The number of aromatic nitrogens is 4. The molecule has 10 nitrogen and oxygen atoms in total. The lowest BCUT2D eigenvalue weighted by molar-refractivity contribution is -0.120. The van der Waals surface area contributed by atoms with Gasteiger partial charge in [-0.05, 0) is 31.6 Å². The molecule has 2 aromatic heterocycles. The molecular formula is C22H31N5O5. The first-order valence-corrected chi connectivity index (χ1v) is 11.4. The van der Waals surface area contributed by atoms with Gasteiger partial charge in [0.05, 0.1) is 31.6 Å². The molecule has 2 aliphatic rings. The Hall–Kier alpha value is -2.72. The van der Waals surface area contributed by atoms with Gasteiger partial charge in [0.15, 0.2) is 5.82 Å². The predicted octanol–water partition coefficient (Wildman–Crippen LogP) is 1.48. The first-order chi connectivity index (χ1) is 15.5. The van der Waals surface area contributed by atoms with E-state index in [1.165, 1.54) is 21.6 Å². The number of amides is 1. The highest BCUT2D eigenvalue weighted by Crippen LogP contribution is 2.32. The van der Waals surface area contributed by atoms with Crippen molar-refractivity contribution in [1.82, 2.24) is 19.6 Å². The van der Waals surface area contributed by atoms with Crippen molar-refractivity contribution >= 4 is 11.7 Å². The van der Waals surface area contributed by atoms with E-state index in [9.17, 15) is 14.7 Å². The minimum absolute atomic E-state index is 0.112. The van der Waals surface area contributed by atoms with Crippen molar-refractivity contribution in [3.63, 3.8) is 0 Å². The third-order valence-corrected chi connectivity index (χ3v) is 6.29. The van der Waals surface area contributed by atoms with Gasteiger partial charge in [-0.15, -0.1) is 0 Å². The molecule has 0 spiro atoms. The standard InChI is InChI=1S/C22H31N5O5/c28-14-16(29)13-26-9-8-20(25-26)24-22(31)19(10-15-4-1-2-5-15)27-21(30)11-18(12-23-27)32-17-6-3-7-17/h8-9,11-12,15-17,19,28-29H,1-7,10,13-14H2,(H,24,25,31). The molecule has 2 fully saturated rings. The van der Waals surface area contributed by atoms with Crippen LogP contribution in [0.15, 0.2) is 29.3 Å². The van der Waals surface area contributed by atoms with Crippen LogP contribution in [-0.4, -0.2) is 54.5 Å². The molecule has 1 amide bonds. The molecular weight excluding hydrogens is 414 g/mol. The molecule has 0 bridgehead atoms. The second kappa shape index (κ2) is 10.3. The molecule has 2 aliphatic carbocycles. The number of hydrogen-bond donors (Lipinski definition) is 3. The highest BCUT2D eigenvalue weighted by molar-refractivity contribution is 5.92. The molecule has 10 heteroatoms. The normalized spacial score (nSPS) is 18.8. The average Bonchev–Trinajstić information content (AvgIpc) is 3.41. The van der Waals surface area contributed by atoms with Crippen LogP contribution in [0.1, 0.15) is 57.4 Å². The fraction of sp³-hybridized carbons (Fsp3) is 0.636. The van der Waals surface area contributed by atoms with E-state index in [-0.39, 0.29) is 30.7 Å². The minimum Gasteiger partial charge on any atom is -0.489 e. The summed E-state index contributed by atoms with van der Waals surface area (Å²) in [6, 6.07) is 2.27. The van der Waals surface area contributed by atoms with Crippen molar-refractivity contribution in [2.24, 2.45) is 5.92 Å². The van der Waals surface area contributed by atoms with Crippen molar-refractivity contribution < 1.29 is 19.7 Å². The van der Waals surface area contributed by atoms with E-state index in [2.05, 4.69) is 15.5 Å². The summed E-state index contributed by atoms with van der Waals surface area (Å²) in [4.78, 5) is 26.0. The number of rotatable bonds is 10. The van der Waals surface area contributed by atoms with E-state index in [0.29, 0.717) is 23.9 Å². The largest absolute Gasteiger partial charge is 0.489 e. The molecule has 2 saturated carbocycles. The monoisotopic (exact) mass is 445 g/mol. The molecule has 2 unspecified atom stereocenters. The summed E-state index contributed by atoms with van der Waals surface area (Å²) in [7, 11) is 0. The van der Waals surface area contributed by atoms with Crippen molar-refractivity contribution in [2.45, 2.75) is 76.2 Å². The van der Waals surface area contributed by atoms with E-state index in [4.69, 9.17) is 9.84 Å². The average molecular weight is 446 g/mol. The molecule has 0 saturated heterocycles. The molecule has 0 radical (unpaired) electrons. The maximum Gasteiger partial charge on any atom is 0.271 e. The number of aliphatic hydroxyl groups excluding tert-OH is 2. The summed E-state index contributed by atoms with van der Waals surface area (Å²) in [6.07, 6.45) is 10.3. The molecule has 32 heavy (non-hydrogen) atoms. The Morgan fingerprint density at radius 1 is 1.25 bits per heavy atom. The number of nitrogens with zero attached hydrogens (tertiary/aromatic N) is 4. The molecule has 2 aromatic rings. The number of carbonyl (C=O) groups excluding carboxylic acids is 1. The van der Waals surface area contributed by atoms with E-state index >= 15 is 0 Å². The number of aliphatic hydroxyl groups is 2. The summed E-state index contributed by atoms with van der Waals surface area (Å²) in [5.41, 5.74) is -0.364. The fourth-order valence-electron chi connectivity index (χ4n) is 4.27. The van der Waals surface area contributed by atoms with Crippen molar-refractivity contribution in [1.29, 1.82) is 0 Å². The van der Waals surface area contributed by atoms with Crippen LogP contribution in [0.3, 0.4) is 0 Å². The van der Waals surface area contributed by atoms with E-state index in [1.54, 1.807) is 12.3 Å². The van der Waals surface area contributed by atoms with E-state index in [0.717, 1.165) is 44.9 Å². The van der Waals surface area contributed by atoms with Crippen LogP contribution in [0, 0.1) is 5.92 Å².